The number of H-pyrrole nitrogens is 1. The maximum Gasteiger partial charge on any atom is 0.252 e. The molecule has 1 aromatic carbocycles. The Morgan fingerprint density at radius 1 is 1.25 bits per heavy atom. The van der Waals surface area contributed by atoms with Crippen molar-refractivity contribution in [2.45, 2.75) is 26.7 Å². The number of benzene rings is 1. The van der Waals surface area contributed by atoms with Gasteiger partial charge >= 0.3 is 0 Å². The highest BCUT2D eigenvalue weighted by Gasteiger charge is 1.97. The SMILES string of the molecule is CCc1ccc(/C=N\Nc2nc(CC)cc(=O)[nH]2)cc1. The van der Waals surface area contributed by atoms with Gasteiger partial charge in [0.25, 0.3) is 5.56 Å². The van der Waals surface area contributed by atoms with Gasteiger partial charge in [0.1, 0.15) is 0 Å². The maximum atomic E-state index is 11.4. The predicted molar refractivity (Wildman–Crippen MR) is 81.3 cm³/mol. The van der Waals surface area contributed by atoms with Crippen LogP contribution in [0.5, 0.6) is 0 Å². The van der Waals surface area contributed by atoms with E-state index >= 15 is 0 Å². The number of nitrogens with zero attached hydrogens (tertiary/aromatic N) is 2. The number of hydrazone groups is 1. The van der Waals surface area contributed by atoms with Crippen molar-refractivity contribution in [1.29, 1.82) is 0 Å². The molecule has 0 fully saturated rings. The fourth-order valence-corrected chi connectivity index (χ4v) is 1.75. The van der Waals surface area contributed by atoms with Crippen molar-refractivity contribution in [1.82, 2.24) is 9.97 Å². The molecular formula is C15H18N4O. The lowest BCUT2D eigenvalue weighted by Crippen LogP contribution is -2.11. The predicted octanol–water partition coefficient (Wildman–Crippen LogP) is 2.34. The molecule has 0 aliphatic carbocycles. The Morgan fingerprint density at radius 2 is 2.00 bits per heavy atom. The van der Waals surface area contributed by atoms with Crippen LogP contribution in [0.15, 0.2) is 40.2 Å². The summed E-state index contributed by atoms with van der Waals surface area (Å²) in [6, 6.07) is 9.63. The van der Waals surface area contributed by atoms with E-state index < -0.39 is 0 Å². The van der Waals surface area contributed by atoms with Crippen molar-refractivity contribution < 1.29 is 0 Å². The van der Waals surface area contributed by atoms with E-state index in [0.717, 1.165) is 17.7 Å². The summed E-state index contributed by atoms with van der Waals surface area (Å²) in [5.74, 6) is 0.357. The zero-order valence-corrected chi connectivity index (χ0v) is 11.7. The molecule has 0 unspecified atom stereocenters. The molecule has 0 spiro atoms. The number of aryl methyl sites for hydroxylation is 2. The van der Waals surface area contributed by atoms with Crippen molar-refractivity contribution in [2.75, 3.05) is 5.43 Å². The van der Waals surface area contributed by atoms with Gasteiger partial charge in [0, 0.05) is 11.8 Å². The normalized spacial score (nSPS) is 10.9. The highest BCUT2D eigenvalue weighted by atomic mass is 16.1. The molecule has 0 radical (unpaired) electrons. The summed E-state index contributed by atoms with van der Waals surface area (Å²) in [5, 5.41) is 4.08. The quantitative estimate of drug-likeness (QED) is 0.647. The fraction of sp³-hybridized carbons (Fsp3) is 0.267. The van der Waals surface area contributed by atoms with E-state index in [2.05, 4.69) is 39.6 Å². The molecule has 0 bridgehead atoms. The standard InChI is InChI=1S/C15H18N4O/c1-3-11-5-7-12(8-6-11)10-16-19-15-17-13(4-2)9-14(20)18-15/h5-10H,3-4H2,1-2H3,(H2,17,18,19,20)/b16-10-. The van der Waals surface area contributed by atoms with Crippen LogP contribution in [0.3, 0.4) is 0 Å². The molecule has 0 aliphatic rings. The molecule has 0 atom stereocenters. The summed E-state index contributed by atoms with van der Waals surface area (Å²) in [5.41, 5.74) is 5.57. The first-order valence-corrected chi connectivity index (χ1v) is 6.69. The van der Waals surface area contributed by atoms with Crippen molar-refractivity contribution in [3.63, 3.8) is 0 Å². The Balaban J connectivity index is 2.05. The molecule has 2 aromatic rings. The summed E-state index contributed by atoms with van der Waals surface area (Å²) in [7, 11) is 0. The summed E-state index contributed by atoms with van der Waals surface area (Å²) < 4.78 is 0. The van der Waals surface area contributed by atoms with Crippen LogP contribution in [0, 0.1) is 0 Å². The number of anilines is 1. The van der Waals surface area contributed by atoms with Gasteiger partial charge < -0.3 is 0 Å². The topological polar surface area (TPSA) is 70.1 Å². The van der Waals surface area contributed by atoms with Gasteiger partial charge in [-0.2, -0.15) is 5.10 Å². The zero-order valence-electron chi connectivity index (χ0n) is 11.7. The summed E-state index contributed by atoms with van der Waals surface area (Å²) in [6.07, 6.45) is 3.42. The Labute approximate surface area is 117 Å². The minimum atomic E-state index is -0.179. The van der Waals surface area contributed by atoms with Crippen LogP contribution in [-0.4, -0.2) is 16.2 Å². The third-order valence-corrected chi connectivity index (χ3v) is 2.93. The van der Waals surface area contributed by atoms with Crippen LogP contribution in [0.1, 0.15) is 30.7 Å². The van der Waals surface area contributed by atoms with E-state index in [1.807, 2.05) is 19.1 Å². The van der Waals surface area contributed by atoms with Gasteiger partial charge in [0.15, 0.2) is 0 Å². The largest absolute Gasteiger partial charge is 0.291 e. The van der Waals surface area contributed by atoms with Gasteiger partial charge in [-0.25, -0.2) is 10.4 Å². The van der Waals surface area contributed by atoms with Crippen LogP contribution in [0.25, 0.3) is 0 Å². The van der Waals surface area contributed by atoms with Gasteiger partial charge in [-0.05, 0) is 24.0 Å². The number of aromatic amines is 1. The molecule has 2 N–H and O–H groups in total. The molecule has 0 aliphatic heterocycles. The summed E-state index contributed by atoms with van der Waals surface area (Å²) in [4.78, 5) is 18.2. The van der Waals surface area contributed by atoms with Crippen molar-refractivity contribution in [3.8, 4) is 0 Å². The molecule has 0 amide bonds. The monoisotopic (exact) mass is 270 g/mol. The van der Waals surface area contributed by atoms with E-state index in [4.69, 9.17) is 0 Å². The Hall–Kier alpha value is -2.43. The van der Waals surface area contributed by atoms with Crippen LogP contribution < -0.4 is 11.0 Å². The summed E-state index contributed by atoms with van der Waals surface area (Å²) >= 11 is 0. The number of rotatable bonds is 5. The molecule has 104 valence electrons. The summed E-state index contributed by atoms with van der Waals surface area (Å²) in [6.45, 7) is 4.07. The van der Waals surface area contributed by atoms with E-state index in [0.29, 0.717) is 12.4 Å². The van der Waals surface area contributed by atoms with Gasteiger partial charge in [0.2, 0.25) is 5.95 Å². The second-order valence-corrected chi connectivity index (χ2v) is 4.40. The lowest BCUT2D eigenvalue weighted by Gasteiger charge is -2.01. The van der Waals surface area contributed by atoms with E-state index in [1.54, 1.807) is 6.21 Å². The zero-order chi connectivity index (χ0) is 14.4. The fourth-order valence-electron chi connectivity index (χ4n) is 1.75. The van der Waals surface area contributed by atoms with Crippen LogP contribution in [0.2, 0.25) is 0 Å². The molecule has 0 saturated heterocycles. The molecule has 5 nitrogen and oxygen atoms in total. The minimum Gasteiger partial charge on any atom is -0.291 e. The van der Waals surface area contributed by atoms with E-state index in [-0.39, 0.29) is 5.56 Å². The number of aromatic nitrogens is 2. The first kappa shape index (κ1) is 14.0. The average Bonchev–Trinajstić information content (AvgIpc) is 2.47. The molecule has 2 rings (SSSR count). The Kier molecular flexibility index (Phi) is 4.65. The maximum absolute atomic E-state index is 11.4. The lowest BCUT2D eigenvalue weighted by atomic mass is 10.1. The van der Waals surface area contributed by atoms with Gasteiger partial charge in [-0.1, -0.05) is 38.1 Å². The van der Waals surface area contributed by atoms with Gasteiger partial charge in [0.05, 0.1) is 6.21 Å². The van der Waals surface area contributed by atoms with Crippen molar-refractivity contribution in [3.05, 3.63) is 57.5 Å². The molecule has 20 heavy (non-hydrogen) atoms. The highest BCUT2D eigenvalue weighted by Crippen LogP contribution is 2.03. The second kappa shape index (κ2) is 6.65. The van der Waals surface area contributed by atoms with Crippen LogP contribution in [-0.2, 0) is 12.8 Å². The molecule has 1 aromatic heterocycles. The van der Waals surface area contributed by atoms with E-state index in [9.17, 15) is 4.79 Å². The Bertz CT molecular complexity index is 644. The van der Waals surface area contributed by atoms with Crippen LogP contribution >= 0.6 is 0 Å². The van der Waals surface area contributed by atoms with Crippen molar-refractivity contribution in [2.24, 2.45) is 5.10 Å². The second-order valence-electron chi connectivity index (χ2n) is 4.40. The number of hydrogen-bond donors (Lipinski definition) is 2. The van der Waals surface area contributed by atoms with Crippen molar-refractivity contribution >= 4 is 12.2 Å². The van der Waals surface area contributed by atoms with Gasteiger partial charge in [-0.3, -0.25) is 9.78 Å². The molecule has 1 heterocycles. The molecule has 5 heteroatoms. The van der Waals surface area contributed by atoms with Gasteiger partial charge in [-0.15, -0.1) is 0 Å². The third kappa shape index (κ3) is 3.78. The highest BCUT2D eigenvalue weighted by molar-refractivity contribution is 5.80. The lowest BCUT2D eigenvalue weighted by molar-refractivity contribution is 0.974. The smallest absolute Gasteiger partial charge is 0.252 e. The molecule has 0 saturated carbocycles. The average molecular weight is 270 g/mol. The number of hydrogen-bond acceptors (Lipinski definition) is 4. The minimum absolute atomic E-state index is 0.179. The first-order valence-electron chi connectivity index (χ1n) is 6.69. The van der Waals surface area contributed by atoms with E-state index in [1.165, 1.54) is 11.6 Å². The number of nitrogens with one attached hydrogen (secondary N) is 2. The Morgan fingerprint density at radius 3 is 2.65 bits per heavy atom. The third-order valence-electron chi connectivity index (χ3n) is 2.93. The van der Waals surface area contributed by atoms with Crippen LogP contribution in [0.4, 0.5) is 5.95 Å². The molecular weight excluding hydrogens is 252 g/mol. The first-order chi connectivity index (χ1) is 9.71.